The van der Waals surface area contributed by atoms with Crippen LogP contribution in [0.5, 0.6) is 0 Å². The highest BCUT2D eigenvalue weighted by atomic mass is 35.5. The number of carbonyl (C=O) groups excluding carboxylic acids is 2. The van der Waals surface area contributed by atoms with Crippen LogP contribution in [0.25, 0.3) is 22.0 Å². The van der Waals surface area contributed by atoms with E-state index in [4.69, 9.17) is 16.7 Å². The van der Waals surface area contributed by atoms with E-state index in [-0.39, 0.29) is 29.3 Å². The molecular formula is C28H34ClN7O2. The van der Waals surface area contributed by atoms with Gasteiger partial charge in [0.25, 0.3) is 0 Å². The summed E-state index contributed by atoms with van der Waals surface area (Å²) >= 11 is 7.03. The van der Waals surface area contributed by atoms with E-state index >= 15 is 0 Å². The van der Waals surface area contributed by atoms with E-state index in [9.17, 15) is 9.59 Å². The summed E-state index contributed by atoms with van der Waals surface area (Å²) in [7, 11) is 0. The molecule has 2 amide bonds. The zero-order valence-electron chi connectivity index (χ0n) is 22.4. The van der Waals surface area contributed by atoms with Gasteiger partial charge in [-0.3, -0.25) is 19.4 Å². The van der Waals surface area contributed by atoms with Gasteiger partial charge in [-0.1, -0.05) is 18.2 Å². The smallest absolute Gasteiger partial charge is 0.245 e. The molecule has 2 aliphatic heterocycles. The quantitative estimate of drug-likeness (QED) is 0.508. The first kappa shape index (κ1) is 25.0. The Labute approximate surface area is 227 Å². The third-order valence-corrected chi connectivity index (χ3v) is 9.30. The lowest BCUT2D eigenvalue weighted by Crippen LogP contribution is -2.63. The second-order valence-electron chi connectivity index (χ2n) is 11.4. The van der Waals surface area contributed by atoms with Gasteiger partial charge in [-0.2, -0.15) is 10.2 Å². The third kappa shape index (κ3) is 3.73. The van der Waals surface area contributed by atoms with Crippen LogP contribution in [-0.4, -0.2) is 80.4 Å². The number of aromatic nitrogens is 4. The molecule has 9 nitrogen and oxygen atoms in total. The van der Waals surface area contributed by atoms with E-state index in [0.29, 0.717) is 24.7 Å². The first-order valence-electron chi connectivity index (χ1n) is 13.3. The number of piperazine rings is 1. The standard InChI is InChI=1S/C28H34ClN7O2/c1-6-23(38)34-14-28(15-34)10-20(11-28)36-18(4)24(25-21-12-30-31-22(21)9-16(2)26(25)29)27(32-36)35-8-7-33(19(5)37)13-17(35)3/h6,9,12,17,20H,1,7-8,10-11,13-15H2,2-5H3,(H,30,31). The summed E-state index contributed by atoms with van der Waals surface area (Å²) in [6.45, 7) is 15.1. The van der Waals surface area contributed by atoms with Crippen molar-refractivity contribution in [3.05, 3.63) is 41.2 Å². The van der Waals surface area contributed by atoms with Gasteiger partial charge in [0.15, 0.2) is 5.82 Å². The van der Waals surface area contributed by atoms with Crippen LogP contribution in [0.4, 0.5) is 5.82 Å². The molecule has 1 N–H and O–H groups in total. The summed E-state index contributed by atoms with van der Waals surface area (Å²) in [4.78, 5) is 30.2. The lowest BCUT2D eigenvalue weighted by Gasteiger charge is -2.58. The number of H-pyrrole nitrogens is 1. The molecule has 0 bridgehead atoms. The molecule has 1 unspecified atom stereocenters. The van der Waals surface area contributed by atoms with Gasteiger partial charge in [0.1, 0.15) is 0 Å². The Balaban J connectivity index is 1.41. The number of aryl methyl sites for hydroxylation is 1. The number of carbonyl (C=O) groups is 2. The van der Waals surface area contributed by atoms with Crippen molar-refractivity contribution in [1.29, 1.82) is 0 Å². The van der Waals surface area contributed by atoms with E-state index in [0.717, 1.165) is 65.0 Å². The molecule has 10 heteroatoms. The van der Waals surface area contributed by atoms with Gasteiger partial charge in [0.2, 0.25) is 11.8 Å². The maximum atomic E-state index is 12.1. The van der Waals surface area contributed by atoms with Crippen LogP contribution in [0.2, 0.25) is 5.02 Å². The van der Waals surface area contributed by atoms with Gasteiger partial charge in [0.05, 0.1) is 22.8 Å². The summed E-state index contributed by atoms with van der Waals surface area (Å²) in [6.07, 6.45) is 5.22. The van der Waals surface area contributed by atoms with Crippen molar-refractivity contribution >= 4 is 40.1 Å². The molecule has 1 spiro atoms. The van der Waals surface area contributed by atoms with Crippen molar-refractivity contribution in [3.63, 3.8) is 0 Å². The van der Waals surface area contributed by atoms with Gasteiger partial charge < -0.3 is 14.7 Å². The van der Waals surface area contributed by atoms with Gasteiger partial charge in [-0.25, -0.2) is 0 Å². The number of hydrogen-bond donors (Lipinski definition) is 1. The number of anilines is 1. The normalized spacial score (nSPS) is 21.1. The molecule has 2 aromatic heterocycles. The highest BCUT2D eigenvalue weighted by Crippen LogP contribution is 2.55. The minimum atomic E-state index is 0.0100. The minimum absolute atomic E-state index is 0.0100. The summed E-state index contributed by atoms with van der Waals surface area (Å²) in [6, 6.07) is 2.40. The lowest BCUT2D eigenvalue weighted by molar-refractivity contribution is -0.149. The van der Waals surface area contributed by atoms with Crippen LogP contribution in [-0.2, 0) is 9.59 Å². The molecule has 3 aromatic rings. The lowest BCUT2D eigenvalue weighted by atomic mass is 9.60. The highest BCUT2D eigenvalue weighted by molar-refractivity contribution is 6.36. The first-order valence-corrected chi connectivity index (χ1v) is 13.7. The minimum Gasteiger partial charge on any atom is -0.348 e. The van der Waals surface area contributed by atoms with Crippen molar-refractivity contribution in [2.75, 3.05) is 37.6 Å². The summed E-state index contributed by atoms with van der Waals surface area (Å²) in [5, 5.41) is 14.4. The number of benzene rings is 1. The van der Waals surface area contributed by atoms with Crippen LogP contribution < -0.4 is 4.90 Å². The van der Waals surface area contributed by atoms with Crippen molar-refractivity contribution < 1.29 is 9.59 Å². The molecule has 3 fully saturated rings. The van der Waals surface area contributed by atoms with Crippen molar-refractivity contribution in [2.45, 2.75) is 52.6 Å². The topological polar surface area (TPSA) is 90.4 Å². The van der Waals surface area contributed by atoms with Crippen molar-refractivity contribution in [1.82, 2.24) is 29.8 Å². The fraction of sp³-hybridized carbons (Fsp3) is 0.500. The van der Waals surface area contributed by atoms with Crippen LogP contribution in [0.3, 0.4) is 0 Å². The van der Waals surface area contributed by atoms with Crippen LogP contribution >= 0.6 is 11.6 Å². The molecule has 1 aliphatic carbocycles. The third-order valence-electron chi connectivity index (χ3n) is 8.81. The molecule has 1 aromatic carbocycles. The molecule has 0 radical (unpaired) electrons. The largest absolute Gasteiger partial charge is 0.348 e. The maximum absolute atomic E-state index is 12.1. The number of nitrogens with one attached hydrogen (secondary N) is 1. The Kier molecular flexibility index (Phi) is 5.83. The number of hydrogen-bond acceptors (Lipinski definition) is 5. The average Bonchev–Trinajstić information content (AvgIpc) is 3.42. The number of aromatic amines is 1. The number of fused-ring (bicyclic) bond motifs is 1. The van der Waals surface area contributed by atoms with Crippen molar-refractivity contribution in [3.8, 4) is 11.1 Å². The first-order chi connectivity index (χ1) is 18.1. The zero-order valence-corrected chi connectivity index (χ0v) is 23.2. The number of likely N-dealkylation sites (tertiary alicyclic amines) is 1. The van der Waals surface area contributed by atoms with Gasteiger partial charge in [-0.05, 0) is 51.3 Å². The molecule has 3 aliphatic rings. The summed E-state index contributed by atoms with van der Waals surface area (Å²) in [5.41, 5.74) is 5.17. The van der Waals surface area contributed by atoms with Gasteiger partial charge >= 0.3 is 0 Å². The number of halogens is 1. The van der Waals surface area contributed by atoms with Crippen LogP contribution in [0, 0.1) is 19.3 Å². The Bertz CT molecular complexity index is 1460. The Morgan fingerprint density at radius 3 is 2.58 bits per heavy atom. The molecule has 4 heterocycles. The maximum Gasteiger partial charge on any atom is 0.245 e. The predicted molar refractivity (Wildman–Crippen MR) is 148 cm³/mol. The van der Waals surface area contributed by atoms with Gasteiger partial charge in [0, 0.05) is 73.3 Å². The molecule has 6 rings (SSSR count). The molecule has 1 atom stereocenters. The molecule has 2 saturated heterocycles. The average molecular weight is 536 g/mol. The molecule has 1 saturated carbocycles. The predicted octanol–water partition coefficient (Wildman–Crippen LogP) is 4.10. The van der Waals surface area contributed by atoms with E-state index in [1.54, 1.807) is 6.92 Å². The van der Waals surface area contributed by atoms with Crippen LogP contribution in [0.1, 0.15) is 44.0 Å². The molecule has 38 heavy (non-hydrogen) atoms. The van der Waals surface area contributed by atoms with E-state index in [1.807, 2.05) is 29.0 Å². The number of rotatable bonds is 4. The van der Waals surface area contributed by atoms with Crippen molar-refractivity contribution in [2.24, 2.45) is 5.41 Å². The number of amides is 2. The second-order valence-corrected chi connectivity index (χ2v) is 11.8. The highest BCUT2D eigenvalue weighted by Gasteiger charge is 2.54. The number of nitrogens with zero attached hydrogens (tertiary/aromatic N) is 6. The Hall–Kier alpha value is -3.33. The SMILES string of the molecule is C=CC(=O)N1CC2(CC(n3nc(N4CCN(C(C)=O)CC4C)c(-c4c(Cl)c(C)cc5[nH]ncc45)c3C)C2)C1. The Morgan fingerprint density at radius 2 is 1.92 bits per heavy atom. The summed E-state index contributed by atoms with van der Waals surface area (Å²) < 4.78 is 2.18. The van der Waals surface area contributed by atoms with E-state index in [2.05, 4.69) is 40.2 Å². The van der Waals surface area contributed by atoms with Gasteiger partial charge in [-0.15, -0.1) is 0 Å². The second kappa shape index (κ2) is 8.86. The fourth-order valence-electron chi connectivity index (χ4n) is 6.78. The molecule has 200 valence electrons. The zero-order chi connectivity index (χ0) is 26.9. The van der Waals surface area contributed by atoms with Crippen LogP contribution in [0.15, 0.2) is 24.9 Å². The monoisotopic (exact) mass is 535 g/mol. The van der Waals surface area contributed by atoms with E-state index in [1.165, 1.54) is 6.08 Å². The van der Waals surface area contributed by atoms with E-state index < -0.39 is 0 Å². The Morgan fingerprint density at radius 1 is 1.18 bits per heavy atom. The molecular weight excluding hydrogens is 502 g/mol. The fourth-order valence-corrected chi connectivity index (χ4v) is 7.03. The summed E-state index contributed by atoms with van der Waals surface area (Å²) in [5.74, 6) is 1.02.